The van der Waals surface area contributed by atoms with E-state index in [9.17, 15) is 9.90 Å². The fraction of sp³-hybridized carbons (Fsp3) is 0.667. The Morgan fingerprint density at radius 1 is 1.61 bits per heavy atom. The average Bonchev–Trinajstić information content (AvgIpc) is 3.09. The van der Waals surface area contributed by atoms with Crippen LogP contribution >= 0.6 is 11.6 Å². The Balaban J connectivity index is 2.24. The molecule has 18 heavy (non-hydrogen) atoms. The Morgan fingerprint density at radius 3 is 2.78 bits per heavy atom. The molecule has 1 fully saturated rings. The van der Waals surface area contributed by atoms with Gasteiger partial charge >= 0.3 is 0 Å². The van der Waals surface area contributed by atoms with E-state index in [1.165, 1.54) is 4.68 Å². The SMILES string of the molecule is CC(C)Cn1ncc(NC2(CO)CC2)c(Cl)c1=O. The van der Waals surface area contributed by atoms with E-state index in [1.807, 2.05) is 13.8 Å². The largest absolute Gasteiger partial charge is 0.394 e. The standard InChI is InChI=1S/C12H18ClN3O2/c1-8(2)6-16-11(18)10(13)9(5-14-16)15-12(7-17)3-4-12/h5,8,15,17H,3-4,6-7H2,1-2H3. The van der Waals surface area contributed by atoms with Crippen LogP contribution in [0.5, 0.6) is 0 Å². The van der Waals surface area contributed by atoms with Gasteiger partial charge in [0.25, 0.3) is 5.56 Å². The van der Waals surface area contributed by atoms with Crippen molar-refractivity contribution in [2.24, 2.45) is 5.92 Å². The quantitative estimate of drug-likeness (QED) is 0.851. The van der Waals surface area contributed by atoms with E-state index >= 15 is 0 Å². The molecule has 0 atom stereocenters. The number of rotatable bonds is 5. The first-order valence-electron chi connectivity index (χ1n) is 6.12. The van der Waals surface area contributed by atoms with Gasteiger partial charge in [0.15, 0.2) is 0 Å². The summed E-state index contributed by atoms with van der Waals surface area (Å²) < 4.78 is 1.37. The molecule has 100 valence electrons. The number of aromatic nitrogens is 2. The highest BCUT2D eigenvalue weighted by Gasteiger charge is 2.42. The van der Waals surface area contributed by atoms with Crippen LogP contribution in [0.15, 0.2) is 11.0 Å². The number of aliphatic hydroxyl groups excluding tert-OH is 1. The van der Waals surface area contributed by atoms with E-state index < -0.39 is 0 Å². The number of hydrogen-bond acceptors (Lipinski definition) is 4. The minimum Gasteiger partial charge on any atom is -0.394 e. The topological polar surface area (TPSA) is 67.2 Å². The van der Waals surface area contributed by atoms with Crippen molar-refractivity contribution < 1.29 is 5.11 Å². The number of aliphatic hydroxyl groups is 1. The van der Waals surface area contributed by atoms with Gasteiger partial charge in [-0.2, -0.15) is 5.10 Å². The molecule has 0 aliphatic heterocycles. The van der Waals surface area contributed by atoms with Gasteiger partial charge < -0.3 is 10.4 Å². The van der Waals surface area contributed by atoms with Crippen LogP contribution in [0.1, 0.15) is 26.7 Å². The minimum absolute atomic E-state index is 0.0401. The first-order valence-corrected chi connectivity index (χ1v) is 6.50. The molecule has 1 aliphatic rings. The summed E-state index contributed by atoms with van der Waals surface area (Å²) in [4.78, 5) is 12.0. The molecule has 0 aromatic carbocycles. The van der Waals surface area contributed by atoms with Crippen LogP contribution in [-0.4, -0.2) is 27.0 Å². The van der Waals surface area contributed by atoms with E-state index in [0.29, 0.717) is 18.2 Å². The number of nitrogens with one attached hydrogen (secondary N) is 1. The smallest absolute Gasteiger partial charge is 0.287 e. The molecule has 1 aromatic rings. The maximum atomic E-state index is 12.0. The summed E-state index contributed by atoms with van der Waals surface area (Å²) >= 11 is 6.06. The van der Waals surface area contributed by atoms with Crippen LogP contribution in [0.3, 0.4) is 0 Å². The normalized spacial score (nSPS) is 16.9. The van der Waals surface area contributed by atoms with Gasteiger partial charge in [-0.15, -0.1) is 0 Å². The number of halogens is 1. The van der Waals surface area contributed by atoms with Crippen molar-refractivity contribution in [2.75, 3.05) is 11.9 Å². The molecule has 5 nitrogen and oxygen atoms in total. The van der Waals surface area contributed by atoms with Gasteiger partial charge in [0.1, 0.15) is 5.02 Å². The third-order valence-corrected chi connectivity index (χ3v) is 3.44. The molecule has 1 aromatic heterocycles. The van der Waals surface area contributed by atoms with E-state index in [2.05, 4.69) is 10.4 Å². The van der Waals surface area contributed by atoms with Crippen molar-refractivity contribution in [1.82, 2.24) is 9.78 Å². The van der Waals surface area contributed by atoms with Gasteiger partial charge in [-0.1, -0.05) is 25.4 Å². The molecule has 0 saturated heterocycles. The molecule has 6 heteroatoms. The summed E-state index contributed by atoms with van der Waals surface area (Å²) in [5.41, 5.74) is -0.0838. The van der Waals surface area contributed by atoms with Crippen molar-refractivity contribution in [3.05, 3.63) is 21.6 Å². The highest BCUT2D eigenvalue weighted by molar-refractivity contribution is 6.32. The van der Waals surface area contributed by atoms with E-state index in [1.54, 1.807) is 6.20 Å². The molecule has 1 aliphatic carbocycles. The highest BCUT2D eigenvalue weighted by Crippen LogP contribution is 2.39. The molecule has 0 spiro atoms. The Bertz CT molecular complexity index is 495. The molecule has 0 radical (unpaired) electrons. The van der Waals surface area contributed by atoms with Crippen LogP contribution in [0, 0.1) is 5.92 Å². The van der Waals surface area contributed by atoms with Gasteiger partial charge in [0, 0.05) is 6.54 Å². The Kier molecular flexibility index (Phi) is 3.64. The lowest BCUT2D eigenvalue weighted by Crippen LogP contribution is -2.30. The molecular weight excluding hydrogens is 254 g/mol. The van der Waals surface area contributed by atoms with E-state index in [4.69, 9.17) is 11.6 Å². The summed E-state index contributed by atoms with van der Waals surface area (Å²) in [6, 6.07) is 0. The molecule has 2 N–H and O–H groups in total. The molecule has 0 unspecified atom stereocenters. The van der Waals surface area contributed by atoms with Crippen LogP contribution in [0.4, 0.5) is 5.69 Å². The molecule has 2 rings (SSSR count). The summed E-state index contributed by atoms with van der Waals surface area (Å²) in [5, 5.41) is 16.6. The molecule has 1 saturated carbocycles. The third kappa shape index (κ3) is 2.67. The van der Waals surface area contributed by atoms with Crippen LogP contribution in [-0.2, 0) is 6.54 Å². The second-order valence-electron chi connectivity index (χ2n) is 5.32. The zero-order valence-corrected chi connectivity index (χ0v) is 11.4. The molecular formula is C12H18ClN3O2. The van der Waals surface area contributed by atoms with Crippen LogP contribution in [0.25, 0.3) is 0 Å². The monoisotopic (exact) mass is 271 g/mol. The Hall–Kier alpha value is -1.07. The number of nitrogens with zero attached hydrogens (tertiary/aromatic N) is 2. The van der Waals surface area contributed by atoms with Crippen LogP contribution < -0.4 is 10.9 Å². The second-order valence-corrected chi connectivity index (χ2v) is 5.69. The maximum absolute atomic E-state index is 12.0. The van der Waals surface area contributed by atoms with Gasteiger partial charge in [-0.25, -0.2) is 4.68 Å². The lowest BCUT2D eigenvalue weighted by Gasteiger charge is -2.17. The average molecular weight is 272 g/mol. The lowest BCUT2D eigenvalue weighted by molar-refractivity contribution is 0.266. The number of anilines is 1. The van der Waals surface area contributed by atoms with E-state index in [0.717, 1.165) is 12.8 Å². The van der Waals surface area contributed by atoms with Gasteiger partial charge in [0.2, 0.25) is 0 Å². The Morgan fingerprint density at radius 2 is 2.28 bits per heavy atom. The molecule has 1 heterocycles. The first-order chi connectivity index (χ1) is 8.47. The van der Waals surface area contributed by atoms with Crippen LogP contribution in [0.2, 0.25) is 5.02 Å². The molecule has 0 bridgehead atoms. The maximum Gasteiger partial charge on any atom is 0.287 e. The van der Waals surface area contributed by atoms with Gasteiger partial charge in [-0.05, 0) is 18.8 Å². The number of hydrogen-bond donors (Lipinski definition) is 2. The van der Waals surface area contributed by atoms with Crippen molar-refractivity contribution in [3.63, 3.8) is 0 Å². The second kappa shape index (κ2) is 4.90. The predicted octanol–water partition coefficient (Wildman–Crippen LogP) is 1.49. The fourth-order valence-electron chi connectivity index (χ4n) is 1.79. The van der Waals surface area contributed by atoms with Gasteiger partial charge in [-0.3, -0.25) is 4.79 Å². The minimum atomic E-state index is -0.304. The summed E-state index contributed by atoms with van der Waals surface area (Å²) in [6.45, 7) is 4.61. The lowest BCUT2D eigenvalue weighted by atomic mass is 10.2. The summed E-state index contributed by atoms with van der Waals surface area (Å²) in [6.07, 6.45) is 3.33. The first kappa shape index (κ1) is 13.4. The summed E-state index contributed by atoms with van der Waals surface area (Å²) in [7, 11) is 0. The fourth-order valence-corrected chi connectivity index (χ4v) is 1.98. The van der Waals surface area contributed by atoms with E-state index in [-0.39, 0.29) is 22.7 Å². The van der Waals surface area contributed by atoms with Crippen molar-refractivity contribution in [2.45, 2.75) is 38.8 Å². The highest BCUT2D eigenvalue weighted by atomic mass is 35.5. The van der Waals surface area contributed by atoms with Crippen molar-refractivity contribution in [3.8, 4) is 0 Å². The predicted molar refractivity (Wildman–Crippen MR) is 71.0 cm³/mol. The molecule has 0 amide bonds. The zero-order valence-electron chi connectivity index (χ0n) is 10.6. The third-order valence-electron chi connectivity index (χ3n) is 3.08. The van der Waals surface area contributed by atoms with Crippen molar-refractivity contribution in [1.29, 1.82) is 0 Å². The van der Waals surface area contributed by atoms with Crippen molar-refractivity contribution >= 4 is 17.3 Å². The summed E-state index contributed by atoms with van der Waals surface area (Å²) in [5.74, 6) is 0.331. The Labute approximate surface area is 111 Å². The zero-order chi connectivity index (χ0) is 13.3. The van der Waals surface area contributed by atoms with Gasteiger partial charge in [0.05, 0.1) is 24.0 Å².